The van der Waals surface area contributed by atoms with Gasteiger partial charge < -0.3 is 38.4 Å². The van der Waals surface area contributed by atoms with E-state index in [0.29, 0.717) is 98.3 Å². The van der Waals surface area contributed by atoms with Crippen molar-refractivity contribution >= 4 is 85.1 Å². The van der Waals surface area contributed by atoms with E-state index in [-0.39, 0.29) is 87.0 Å². The van der Waals surface area contributed by atoms with Gasteiger partial charge >= 0.3 is 5.97 Å². The number of carbonyl (C=O) groups is 1. The van der Waals surface area contributed by atoms with Crippen molar-refractivity contribution in [2.75, 3.05) is 98.3 Å². The largest absolute Gasteiger partial charge is 0.481 e. The van der Waals surface area contributed by atoms with Crippen molar-refractivity contribution in [2.45, 2.75) is 89.7 Å². The molecular formula is C51H67N2O20S4+. The molecule has 2 aliphatic heterocycles. The quantitative estimate of drug-likeness (QED) is 0.0208. The molecule has 2 unspecified atom stereocenters. The van der Waals surface area contributed by atoms with Gasteiger partial charge in [-0.05, 0) is 105 Å². The van der Waals surface area contributed by atoms with Crippen molar-refractivity contribution in [3.63, 3.8) is 0 Å². The molecule has 22 nitrogen and oxygen atoms in total. The number of benzene rings is 4. The Hall–Kier alpha value is -4.78. The first-order valence-corrected chi connectivity index (χ1v) is 30.4. The van der Waals surface area contributed by atoms with Gasteiger partial charge in [0.25, 0.3) is 40.5 Å². The normalized spacial score (nSPS) is 18.7. The third-order valence-electron chi connectivity index (χ3n) is 13.8. The number of hydrogen-bond donors (Lipinski definition) is 5. The zero-order valence-electron chi connectivity index (χ0n) is 43.5. The number of methoxy groups -OCH3 is 2. The van der Waals surface area contributed by atoms with Gasteiger partial charge in [0, 0.05) is 92.1 Å². The van der Waals surface area contributed by atoms with E-state index < -0.39 is 76.9 Å². The Labute approximate surface area is 449 Å². The number of carboxylic acid groups (broad SMARTS) is 1. The molecule has 0 amide bonds. The summed E-state index contributed by atoms with van der Waals surface area (Å²) in [7, 11) is -17.1. The molecule has 0 bridgehead atoms. The maximum atomic E-state index is 13.0. The van der Waals surface area contributed by atoms with Crippen molar-refractivity contribution in [2.24, 2.45) is 0 Å². The molecule has 77 heavy (non-hydrogen) atoms. The SMILES string of the molecule is CCN1/C(=C/C=C/C2=[N+](CCCCCC(=O)O)c3ccc4c(S(=O)(=O)O)cc(S(=O)(=O)O)cc4c3C2(C)CCOCCOCCOC)C(C)(CCOCCOCCOC)c2c1ccc1c(S(=O)(=O)O)cc(S(=O)(=O)O)cc21. The number of nitrogens with zero attached hydrogens (tertiary/aromatic N) is 2. The molecule has 0 fully saturated rings. The van der Waals surface area contributed by atoms with Crippen molar-refractivity contribution in [1.29, 1.82) is 0 Å². The summed E-state index contributed by atoms with van der Waals surface area (Å²) in [5.74, 6) is -0.960. The van der Waals surface area contributed by atoms with Crippen LogP contribution in [0.15, 0.2) is 92.0 Å². The van der Waals surface area contributed by atoms with Crippen LogP contribution in [0.2, 0.25) is 0 Å². The molecule has 0 aliphatic carbocycles. The van der Waals surface area contributed by atoms with Crippen molar-refractivity contribution in [3.8, 4) is 0 Å². The van der Waals surface area contributed by atoms with Crippen molar-refractivity contribution < 1.29 is 94.8 Å². The van der Waals surface area contributed by atoms with E-state index in [2.05, 4.69) is 0 Å². The van der Waals surface area contributed by atoms with E-state index >= 15 is 0 Å². The van der Waals surface area contributed by atoms with Crippen LogP contribution in [0.3, 0.4) is 0 Å². The predicted octanol–water partition coefficient (Wildman–Crippen LogP) is 6.36. The van der Waals surface area contributed by atoms with Crippen LogP contribution < -0.4 is 4.90 Å². The van der Waals surface area contributed by atoms with Crippen LogP contribution in [-0.4, -0.2) is 167 Å². The van der Waals surface area contributed by atoms with E-state index in [9.17, 15) is 61.8 Å². The van der Waals surface area contributed by atoms with Gasteiger partial charge in [0.05, 0.1) is 68.1 Å². The second-order valence-corrected chi connectivity index (χ2v) is 24.5. The highest BCUT2D eigenvalue weighted by Crippen LogP contribution is 2.54. The standard InChI is InChI=1S/C51H66N2O20S4/c1-6-52-41-16-14-37-39(31-35(74(56,57)58)33-43(37)76(62,63)64)48(41)50(2,18-21-70-27-29-72-25-23-68-4)45(52)11-10-12-46-51(3,19-22-71-28-30-73-26-24-69-5)49-40-32-36(75(59,60)61)34-44(77(65,66)67)38(40)15-17-42(49)53(46)20-9-7-8-13-47(54)55/h10-12,14-17,31-34H,6-9,13,18-30H2,1-5H3,(H4-,54,55,56,57,58,59,60,61,62,63,64,65,66,67)/p+1. The fraction of sp³-hybridized carbons (Fsp3) is 0.490. The summed E-state index contributed by atoms with van der Waals surface area (Å²) >= 11 is 0. The Morgan fingerprint density at radius 1 is 0.597 bits per heavy atom. The fourth-order valence-corrected chi connectivity index (χ4v) is 12.9. The van der Waals surface area contributed by atoms with E-state index in [1.807, 2.05) is 42.4 Å². The molecule has 0 spiro atoms. The number of aliphatic carboxylic acids is 1. The Kier molecular flexibility index (Phi) is 20.4. The Morgan fingerprint density at radius 3 is 1.56 bits per heavy atom. The third kappa shape index (κ3) is 14.2. The molecule has 0 saturated heterocycles. The van der Waals surface area contributed by atoms with Crippen LogP contribution in [0.5, 0.6) is 0 Å². The number of carboxylic acids is 1. The number of likely N-dealkylation sites (N-methyl/N-ethyl adjacent to an activating group) is 1. The van der Waals surface area contributed by atoms with E-state index in [1.54, 1.807) is 32.4 Å². The molecule has 6 rings (SSSR count). The maximum Gasteiger partial charge on any atom is 0.303 e. The minimum atomic E-state index is -5.09. The number of hydrogen-bond acceptors (Lipinski definition) is 16. The van der Waals surface area contributed by atoms with Gasteiger partial charge in [0.15, 0.2) is 5.71 Å². The van der Waals surface area contributed by atoms with Crippen LogP contribution >= 0.6 is 0 Å². The molecule has 424 valence electrons. The Balaban J connectivity index is 1.58. The molecule has 0 saturated carbocycles. The van der Waals surface area contributed by atoms with Gasteiger partial charge in [0.2, 0.25) is 5.69 Å². The zero-order chi connectivity index (χ0) is 56.6. The lowest BCUT2D eigenvalue weighted by Gasteiger charge is -2.30. The number of unbranched alkanes of at least 4 members (excludes halogenated alkanes) is 2. The summed E-state index contributed by atoms with van der Waals surface area (Å²) in [6, 6.07) is 9.89. The highest BCUT2D eigenvalue weighted by atomic mass is 32.2. The topological polar surface area (TPSA) is 316 Å². The lowest BCUT2D eigenvalue weighted by atomic mass is 9.74. The van der Waals surface area contributed by atoms with Gasteiger partial charge in [-0.15, -0.1) is 0 Å². The smallest absolute Gasteiger partial charge is 0.303 e. The first-order valence-electron chi connectivity index (χ1n) is 24.7. The molecule has 2 atom stereocenters. The lowest BCUT2D eigenvalue weighted by Crippen LogP contribution is -2.33. The highest BCUT2D eigenvalue weighted by Gasteiger charge is 2.50. The van der Waals surface area contributed by atoms with E-state index in [4.69, 9.17) is 28.4 Å². The summed E-state index contributed by atoms with van der Waals surface area (Å²) in [6.45, 7) is 8.69. The number of rotatable bonds is 31. The monoisotopic (exact) mass is 1160 g/mol. The second kappa shape index (κ2) is 25.6. The number of allylic oxidation sites excluding steroid dienone is 4. The predicted molar refractivity (Wildman–Crippen MR) is 284 cm³/mol. The highest BCUT2D eigenvalue weighted by molar-refractivity contribution is 7.87. The molecule has 26 heteroatoms. The summed E-state index contributed by atoms with van der Waals surface area (Å²) < 4.78 is 180. The first-order chi connectivity index (χ1) is 36.2. The van der Waals surface area contributed by atoms with Crippen LogP contribution in [0.25, 0.3) is 21.5 Å². The molecule has 2 heterocycles. The molecule has 0 aromatic heterocycles. The maximum absolute atomic E-state index is 13.0. The summed E-state index contributed by atoms with van der Waals surface area (Å²) in [6.07, 6.45) is 7.10. The molecule has 4 aromatic carbocycles. The van der Waals surface area contributed by atoms with Crippen molar-refractivity contribution in [3.05, 3.63) is 83.6 Å². The van der Waals surface area contributed by atoms with Crippen LogP contribution in [0.1, 0.15) is 70.4 Å². The number of fused-ring (bicyclic) bond motifs is 6. The summed E-state index contributed by atoms with van der Waals surface area (Å²) in [5, 5.41) is 9.57. The van der Waals surface area contributed by atoms with Gasteiger partial charge in [0.1, 0.15) is 16.3 Å². The molecule has 0 radical (unpaired) electrons. The molecule has 4 aromatic rings. The van der Waals surface area contributed by atoms with Gasteiger partial charge in [-0.1, -0.05) is 12.1 Å². The first kappa shape index (κ1) is 61.4. The average molecular weight is 1160 g/mol. The van der Waals surface area contributed by atoms with Gasteiger partial charge in [-0.2, -0.15) is 38.2 Å². The van der Waals surface area contributed by atoms with Crippen LogP contribution in [-0.2, 0) is 84.5 Å². The Morgan fingerprint density at radius 2 is 1.08 bits per heavy atom. The Bertz CT molecular complexity index is 3400. The third-order valence-corrected chi connectivity index (χ3v) is 17.3. The lowest BCUT2D eigenvalue weighted by molar-refractivity contribution is -0.438. The van der Waals surface area contributed by atoms with Gasteiger partial charge in [-0.25, -0.2) is 0 Å². The van der Waals surface area contributed by atoms with Crippen molar-refractivity contribution in [1.82, 2.24) is 0 Å². The zero-order valence-corrected chi connectivity index (χ0v) is 46.7. The van der Waals surface area contributed by atoms with Gasteiger partial charge in [-0.3, -0.25) is 23.0 Å². The minimum Gasteiger partial charge on any atom is -0.481 e. The number of ether oxygens (including phenoxy) is 6. The van der Waals surface area contributed by atoms with Crippen LogP contribution in [0.4, 0.5) is 11.4 Å². The second-order valence-electron chi connectivity index (χ2n) is 18.8. The molecular weight excluding hydrogens is 1090 g/mol. The minimum absolute atomic E-state index is 0.00971. The summed E-state index contributed by atoms with van der Waals surface area (Å²) in [5.41, 5.74) is 0.955. The van der Waals surface area contributed by atoms with E-state index in [1.165, 1.54) is 12.1 Å². The van der Waals surface area contributed by atoms with Crippen LogP contribution in [0, 0.1) is 0 Å². The average Bonchev–Trinajstić information content (AvgIpc) is 3.97. The fourth-order valence-electron chi connectivity index (χ4n) is 10.2. The molecule has 5 N–H and O–H groups in total. The molecule has 2 aliphatic rings. The van der Waals surface area contributed by atoms with E-state index in [0.717, 1.165) is 12.1 Å². The number of anilines is 1. The summed E-state index contributed by atoms with van der Waals surface area (Å²) in [4.78, 5) is 10.4.